The molecule has 1 saturated heterocycles. The zero-order chi connectivity index (χ0) is 12.3. The highest BCUT2D eigenvalue weighted by molar-refractivity contribution is 5.66. The van der Waals surface area contributed by atoms with E-state index in [0.29, 0.717) is 6.61 Å². The summed E-state index contributed by atoms with van der Waals surface area (Å²) >= 11 is 0. The van der Waals surface area contributed by atoms with Crippen LogP contribution in [0.4, 0.5) is 4.79 Å². The summed E-state index contributed by atoms with van der Waals surface area (Å²) in [5.74, 6) is 0.779. The zero-order valence-corrected chi connectivity index (χ0v) is 10.9. The molecule has 1 rings (SSSR count). The molecule has 17 heavy (non-hydrogen) atoms. The number of amides is 1. The molecule has 0 aromatic heterocycles. The zero-order valence-electron chi connectivity index (χ0n) is 10.9. The molecule has 1 heterocycles. The molecule has 0 unspecified atom stereocenters. The lowest BCUT2D eigenvalue weighted by atomic mass is 9.95. The fourth-order valence-electron chi connectivity index (χ4n) is 1.98. The van der Waals surface area contributed by atoms with E-state index in [2.05, 4.69) is 12.2 Å². The van der Waals surface area contributed by atoms with Crippen molar-refractivity contribution in [2.24, 2.45) is 5.92 Å². The second-order valence-electron chi connectivity index (χ2n) is 4.61. The fourth-order valence-corrected chi connectivity index (χ4v) is 1.98. The molecule has 0 aromatic carbocycles. The molecular weight excluding hydrogens is 218 g/mol. The average Bonchev–Trinajstić information content (AvgIpc) is 2.36. The minimum absolute atomic E-state index is 0.273. The highest BCUT2D eigenvalue weighted by atomic mass is 16.5. The molecule has 100 valence electrons. The molecule has 0 radical (unpaired) electrons. The number of ether oxygens (including phenoxy) is 2. The van der Waals surface area contributed by atoms with Crippen LogP contribution >= 0.6 is 0 Å². The lowest BCUT2D eigenvalue weighted by Crippen LogP contribution is -2.26. The summed E-state index contributed by atoms with van der Waals surface area (Å²) in [7, 11) is 0. The number of rotatable bonds is 7. The maximum Gasteiger partial charge on any atom is 0.407 e. The molecule has 0 aliphatic carbocycles. The summed E-state index contributed by atoms with van der Waals surface area (Å²) < 4.78 is 10.3. The van der Waals surface area contributed by atoms with E-state index < -0.39 is 0 Å². The summed E-state index contributed by atoms with van der Waals surface area (Å²) in [6.45, 7) is 5.13. The van der Waals surface area contributed by atoms with Gasteiger partial charge in [0, 0.05) is 19.8 Å². The summed E-state index contributed by atoms with van der Waals surface area (Å²) in [4.78, 5) is 11.2. The van der Waals surface area contributed by atoms with Gasteiger partial charge in [-0.05, 0) is 38.0 Å². The van der Waals surface area contributed by atoms with Gasteiger partial charge in [0.25, 0.3) is 0 Å². The number of hydrogen-bond acceptors (Lipinski definition) is 3. The van der Waals surface area contributed by atoms with Gasteiger partial charge < -0.3 is 14.8 Å². The molecule has 1 N–H and O–H groups in total. The van der Waals surface area contributed by atoms with Gasteiger partial charge >= 0.3 is 6.09 Å². The Labute approximate surface area is 104 Å². The average molecular weight is 243 g/mol. The van der Waals surface area contributed by atoms with Crippen molar-refractivity contribution in [1.29, 1.82) is 0 Å². The second kappa shape index (κ2) is 9.28. The van der Waals surface area contributed by atoms with Crippen molar-refractivity contribution in [3.05, 3.63) is 0 Å². The smallest absolute Gasteiger partial charge is 0.407 e. The Bertz CT molecular complexity index is 203. The first-order valence-corrected chi connectivity index (χ1v) is 6.81. The van der Waals surface area contributed by atoms with E-state index in [0.717, 1.165) is 44.9 Å². The van der Waals surface area contributed by atoms with Crippen LogP contribution in [0, 0.1) is 5.92 Å². The van der Waals surface area contributed by atoms with E-state index in [1.54, 1.807) is 0 Å². The molecule has 1 fully saturated rings. The predicted octanol–water partition coefficient (Wildman–Crippen LogP) is 2.72. The van der Waals surface area contributed by atoms with Crippen LogP contribution in [-0.2, 0) is 9.47 Å². The first kappa shape index (κ1) is 14.3. The molecule has 0 spiro atoms. The van der Waals surface area contributed by atoms with Crippen LogP contribution in [0.25, 0.3) is 0 Å². The predicted molar refractivity (Wildman–Crippen MR) is 67.0 cm³/mol. The van der Waals surface area contributed by atoms with Gasteiger partial charge in [0.15, 0.2) is 0 Å². The van der Waals surface area contributed by atoms with Crippen LogP contribution in [0.1, 0.15) is 45.4 Å². The maximum absolute atomic E-state index is 11.2. The Balaban J connectivity index is 1.90. The van der Waals surface area contributed by atoms with E-state index >= 15 is 0 Å². The van der Waals surface area contributed by atoms with Gasteiger partial charge in [-0.2, -0.15) is 0 Å². The van der Waals surface area contributed by atoms with Crippen molar-refractivity contribution in [1.82, 2.24) is 5.32 Å². The number of carbonyl (C=O) groups is 1. The van der Waals surface area contributed by atoms with Crippen molar-refractivity contribution >= 4 is 6.09 Å². The van der Waals surface area contributed by atoms with E-state index in [1.807, 2.05) is 0 Å². The number of nitrogens with one attached hydrogen (secondary N) is 1. The van der Waals surface area contributed by atoms with Crippen molar-refractivity contribution < 1.29 is 14.3 Å². The SMILES string of the molecule is CCCCOC(=O)NCCCC1CCOCC1. The van der Waals surface area contributed by atoms with E-state index in [-0.39, 0.29) is 6.09 Å². The molecular formula is C13H25NO3. The number of alkyl carbamates (subject to hydrolysis) is 1. The maximum atomic E-state index is 11.2. The molecule has 0 bridgehead atoms. The lowest BCUT2D eigenvalue weighted by molar-refractivity contribution is 0.0632. The van der Waals surface area contributed by atoms with Gasteiger partial charge in [-0.25, -0.2) is 4.79 Å². The number of unbranched alkanes of at least 4 members (excludes halogenated alkanes) is 1. The van der Waals surface area contributed by atoms with Gasteiger partial charge in [0.05, 0.1) is 6.61 Å². The molecule has 4 nitrogen and oxygen atoms in total. The highest BCUT2D eigenvalue weighted by Crippen LogP contribution is 2.19. The van der Waals surface area contributed by atoms with Crippen LogP contribution in [-0.4, -0.2) is 32.5 Å². The summed E-state index contributed by atoms with van der Waals surface area (Å²) in [6.07, 6.45) is 6.27. The Morgan fingerprint density at radius 1 is 1.35 bits per heavy atom. The van der Waals surface area contributed by atoms with Crippen molar-refractivity contribution in [2.75, 3.05) is 26.4 Å². The van der Waals surface area contributed by atoms with E-state index in [1.165, 1.54) is 19.3 Å². The Morgan fingerprint density at radius 2 is 2.12 bits per heavy atom. The van der Waals surface area contributed by atoms with E-state index in [9.17, 15) is 4.79 Å². The molecule has 1 aliphatic heterocycles. The van der Waals surface area contributed by atoms with Gasteiger partial charge in [-0.1, -0.05) is 13.3 Å². The number of hydrogen-bond donors (Lipinski definition) is 1. The topological polar surface area (TPSA) is 47.6 Å². The van der Waals surface area contributed by atoms with Crippen molar-refractivity contribution in [2.45, 2.75) is 45.4 Å². The molecule has 0 aromatic rings. The van der Waals surface area contributed by atoms with Crippen LogP contribution < -0.4 is 5.32 Å². The Kier molecular flexibility index (Phi) is 7.80. The Morgan fingerprint density at radius 3 is 2.82 bits per heavy atom. The van der Waals surface area contributed by atoms with Crippen LogP contribution in [0.15, 0.2) is 0 Å². The van der Waals surface area contributed by atoms with Gasteiger partial charge in [-0.3, -0.25) is 0 Å². The van der Waals surface area contributed by atoms with Crippen molar-refractivity contribution in [3.8, 4) is 0 Å². The van der Waals surface area contributed by atoms with Crippen LogP contribution in [0.3, 0.4) is 0 Å². The van der Waals surface area contributed by atoms with Gasteiger partial charge in [-0.15, -0.1) is 0 Å². The summed E-state index contributed by atoms with van der Waals surface area (Å²) in [6, 6.07) is 0. The molecule has 1 aliphatic rings. The summed E-state index contributed by atoms with van der Waals surface area (Å²) in [5, 5.41) is 2.79. The quantitative estimate of drug-likeness (QED) is 0.699. The van der Waals surface area contributed by atoms with E-state index in [4.69, 9.17) is 9.47 Å². The third-order valence-electron chi connectivity index (χ3n) is 3.13. The van der Waals surface area contributed by atoms with Gasteiger partial charge in [0.1, 0.15) is 0 Å². The minimum atomic E-state index is -0.273. The standard InChI is InChI=1S/C13H25NO3/c1-2-3-9-17-13(15)14-8-4-5-12-6-10-16-11-7-12/h12H,2-11H2,1H3,(H,14,15). The third kappa shape index (κ3) is 7.21. The summed E-state index contributed by atoms with van der Waals surface area (Å²) in [5.41, 5.74) is 0. The molecule has 0 saturated carbocycles. The van der Waals surface area contributed by atoms with Crippen molar-refractivity contribution in [3.63, 3.8) is 0 Å². The first-order valence-electron chi connectivity index (χ1n) is 6.81. The lowest BCUT2D eigenvalue weighted by Gasteiger charge is -2.21. The number of carbonyl (C=O) groups excluding carboxylic acids is 1. The third-order valence-corrected chi connectivity index (χ3v) is 3.13. The monoisotopic (exact) mass is 243 g/mol. The highest BCUT2D eigenvalue weighted by Gasteiger charge is 2.13. The molecule has 4 heteroatoms. The van der Waals surface area contributed by atoms with Crippen LogP contribution in [0.2, 0.25) is 0 Å². The second-order valence-corrected chi connectivity index (χ2v) is 4.61. The molecule has 1 amide bonds. The largest absolute Gasteiger partial charge is 0.450 e. The molecule has 0 atom stereocenters. The van der Waals surface area contributed by atoms with Crippen LogP contribution in [0.5, 0.6) is 0 Å². The first-order chi connectivity index (χ1) is 8.33. The fraction of sp³-hybridized carbons (Fsp3) is 0.923. The normalized spacial score (nSPS) is 16.8. The minimum Gasteiger partial charge on any atom is -0.450 e. The Hall–Kier alpha value is -0.770. The van der Waals surface area contributed by atoms with Gasteiger partial charge in [0.2, 0.25) is 0 Å².